The smallest absolute Gasteiger partial charge is 0.254 e. The van der Waals surface area contributed by atoms with Gasteiger partial charge in [0.05, 0.1) is 11.5 Å². The van der Waals surface area contributed by atoms with Crippen molar-refractivity contribution in [2.45, 2.75) is 25.9 Å². The zero-order chi connectivity index (χ0) is 17.2. The summed E-state index contributed by atoms with van der Waals surface area (Å²) < 4.78 is 25.4. The second kappa shape index (κ2) is 6.81. The average Bonchev–Trinajstić information content (AvgIpc) is 3.18. The van der Waals surface area contributed by atoms with Crippen molar-refractivity contribution in [1.82, 2.24) is 9.47 Å². The topological polar surface area (TPSA) is 59.4 Å². The van der Waals surface area contributed by atoms with Crippen LogP contribution in [-0.4, -0.2) is 47.9 Å². The van der Waals surface area contributed by atoms with Crippen molar-refractivity contribution in [2.24, 2.45) is 0 Å². The van der Waals surface area contributed by atoms with Gasteiger partial charge in [-0.25, -0.2) is 8.42 Å². The molecule has 1 fully saturated rings. The third-order valence-corrected chi connectivity index (χ3v) is 6.23. The average molecular weight is 346 g/mol. The van der Waals surface area contributed by atoms with Crippen LogP contribution in [0.15, 0.2) is 48.8 Å². The van der Waals surface area contributed by atoms with Crippen LogP contribution in [-0.2, 0) is 16.4 Å². The van der Waals surface area contributed by atoms with Gasteiger partial charge in [-0.1, -0.05) is 12.1 Å². The number of hydrogen-bond acceptors (Lipinski definition) is 3. The third kappa shape index (κ3) is 3.70. The van der Waals surface area contributed by atoms with Gasteiger partial charge in [-0.05, 0) is 43.2 Å². The van der Waals surface area contributed by atoms with Crippen molar-refractivity contribution in [3.8, 4) is 0 Å². The van der Waals surface area contributed by atoms with E-state index in [0.29, 0.717) is 18.5 Å². The van der Waals surface area contributed by atoms with E-state index in [1.165, 1.54) is 0 Å². The maximum atomic E-state index is 12.7. The second-order valence-electron chi connectivity index (χ2n) is 6.20. The van der Waals surface area contributed by atoms with E-state index in [0.717, 1.165) is 12.1 Å². The summed E-state index contributed by atoms with van der Waals surface area (Å²) in [5.41, 5.74) is 1.73. The molecule has 1 saturated heterocycles. The van der Waals surface area contributed by atoms with Crippen LogP contribution < -0.4 is 0 Å². The van der Waals surface area contributed by atoms with E-state index in [1.54, 1.807) is 4.90 Å². The fourth-order valence-corrected chi connectivity index (χ4v) is 4.92. The lowest BCUT2D eigenvalue weighted by Crippen LogP contribution is -2.40. The Bertz CT molecular complexity index is 795. The van der Waals surface area contributed by atoms with Gasteiger partial charge in [-0.2, -0.15) is 0 Å². The van der Waals surface area contributed by atoms with Gasteiger partial charge in [0.2, 0.25) is 0 Å². The summed E-state index contributed by atoms with van der Waals surface area (Å²) in [5, 5.41) is 0. The molecule has 0 N–H and O–H groups in total. The van der Waals surface area contributed by atoms with Crippen molar-refractivity contribution < 1.29 is 13.2 Å². The summed E-state index contributed by atoms with van der Waals surface area (Å²) >= 11 is 0. The van der Waals surface area contributed by atoms with Crippen LogP contribution in [0.25, 0.3) is 0 Å². The molecule has 2 heterocycles. The van der Waals surface area contributed by atoms with E-state index in [4.69, 9.17) is 0 Å². The standard InChI is InChI=1S/C18H22N2O3S/c1-2-20(17-9-12-24(22,23)14-17)18(21)16-7-5-15(6-8-16)13-19-10-3-4-11-19/h3-8,10-11,17H,2,9,12-14H2,1H3. The summed E-state index contributed by atoms with van der Waals surface area (Å²) in [6, 6.07) is 11.3. The van der Waals surface area contributed by atoms with Crippen LogP contribution in [0.4, 0.5) is 0 Å². The number of aromatic nitrogens is 1. The summed E-state index contributed by atoms with van der Waals surface area (Å²) in [4.78, 5) is 14.4. The Labute approximate surface area is 142 Å². The second-order valence-corrected chi connectivity index (χ2v) is 8.43. The lowest BCUT2D eigenvalue weighted by molar-refractivity contribution is 0.0708. The largest absolute Gasteiger partial charge is 0.350 e. The van der Waals surface area contributed by atoms with E-state index in [2.05, 4.69) is 4.57 Å². The number of sulfone groups is 1. The first-order chi connectivity index (χ1) is 11.5. The molecule has 0 bridgehead atoms. The number of carbonyl (C=O) groups is 1. The molecule has 0 saturated carbocycles. The summed E-state index contributed by atoms with van der Waals surface area (Å²) in [6.45, 7) is 3.17. The number of amides is 1. The fraction of sp³-hybridized carbons (Fsp3) is 0.389. The fourth-order valence-electron chi connectivity index (χ4n) is 3.19. The number of rotatable bonds is 5. The van der Waals surface area contributed by atoms with Crippen LogP contribution in [0.1, 0.15) is 29.3 Å². The zero-order valence-electron chi connectivity index (χ0n) is 13.8. The lowest BCUT2D eigenvalue weighted by atomic mass is 10.1. The molecule has 5 nitrogen and oxygen atoms in total. The Morgan fingerprint density at radius 3 is 2.42 bits per heavy atom. The van der Waals surface area contributed by atoms with Crippen molar-refractivity contribution in [3.05, 3.63) is 59.9 Å². The van der Waals surface area contributed by atoms with E-state index in [-0.39, 0.29) is 23.5 Å². The van der Waals surface area contributed by atoms with Gasteiger partial charge < -0.3 is 9.47 Å². The van der Waals surface area contributed by atoms with Crippen molar-refractivity contribution in [2.75, 3.05) is 18.1 Å². The van der Waals surface area contributed by atoms with Gasteiger partial charge in [0.15, 0.2) is 9.84 Å². The maximum Gasteiger partial charge on any atom is 0.254 e. The molecule has 128 valence electrons. The van der Waals surface area contributed by atoms with Crippen LogP contribution in [0.2, 0.25) is 0 Å². The van der Waals surface area contributed by atoms with Crippen LogP contribution >= 0.6 is 0 Å². The molecule has 1 unspecified atom stereocenters. The first-order valence-electron chi connectivity index (χ1n) is 8.19. The van der Waals surface area contributed by atoms with Crippen LogP contribution in [0.3, 0.4) is 0 Å². The van der Waals surface area contributed by atoms with Crippen molar-refractivity contribution in [3.63, 3.8) is 0 Å². The van der Waals surface area contributed by atoms with Gasteiger partial charge in [0.1, 0.15) is 0 Å². The van der Waals surface area contributed by atoms with Gasteiger partial charge in [0.25, 0.3) is 5.91 Å². The molecular weight excluding hydrogens is 324 g/mol. The summed E-state index contributed by atoms with van der Waals surface area (Å²) in [7, 11) is -3.00. The van der Waals surface area contributed by atoms with E-state index in [9.17, 15) is 13.2 Å². The molecule has 2 aromatic rings. The zero-order valence-corrected chi connectivity index (χ0v) is 14.6. The predicted molar refractivity (Wildman–Crippen MR) is 93.7 cm³/mol. The molecule has 24 heavy (non-hydrogen) atoms. The minimum absolute atomic E-state index is 0.0816. The van der Waals surface area contributed by atoms with Crippen LogP contribution in [0, 0.1) is 0 Å². The highest BCUT2D eigenvalue weighted by Crippen LogP contribution is 2.20. The molecule has 1 aliphatic rings. The van der Waals surface area contributed by atoms with E-state index in [1.807, 2.05) is 55.7 Å². The number of carbonyl (C=O) groups excluding carboxylic acids is 1. The van der Waals surface area contributed by atoms with Gasteiger partial charge in [-0.3, -0.25) is 4.79 Å². The van der Waals surface area contributed by atoms with Crippen molar-refractivity contribution in [1.29, 1.82) is 0 Å². The molecule has 1 aromatic carbocycles. The highest BCUT2D eigenvalue weighted by atomic mass is 32.2. The first kappa shape index (κ1) is 16.8. The number of hydrogen-bond donors (Lipinski definition) is 0. The third-order valence-electron chi connectivity index (χ3n) is 4.48. The molecule has 1 atom stereocenters. The minimum Gasteiger partial charge on any atom is -0.350 e. The number of nitrogens with zero attached hydrogens (tertiary/aromatic N) is 2. The molecule has 3 rings (SSSR count). The normalized spacial score (nSPS) is 19.3. The lowest BCUT2D eigenvalue weighted by Gasteiger charge is -2.27. The SMILES string of the molecule is CCN(C(=O)c1ccc(Cn2cccc2)cc1)C1CCS(=O)(=O)C1. The molecule has 1 aliphatic heterocycles. The molecular formula is C18H22N2O3S. The Hall–Kier alpha value is -2.08. The van der Waals surface area contributed by atoms with E-state index >= 15 is 0 Å². The molecule has 6 heteroatoms. The molecule has 0 spiro atoms. The Balaban J connectivity index is 1.71. The first-order valence-corrected chi connectivity index (χ1v) is 10.0. The highest BCUT2D eigenvalue weighted by molar-refractivity contribution is 7.91. The van der Waals surface area contributed by atoms with E-state index < -0.39 is 9.84 Å². The van der Waals surface area contributed by atoms with Crippen molar-refractivity contribution >= 4 is 15.7 Å². The van der Waals surface area contributed by atoms with Gasteiger partial charge >= 0.3 is 0 Å². The van der Waals surface area contributed by atoms with Gasteiger partial charge in [0, 0.05) is 37.1 Å². The molecule has 0 aliphatic carbocycles. The quantitative estimate of drug-likeness (QED) is 0.834. The monoisotopic (exact) mass is 346 g/mol. The minimum atomic E-state index is -3.00. The summed E-state index contributed by atoms with van der Waals surface area (Å²) in [5.74, 6) is 0.169. The number of benzene rings is 1. The predicted octanol–water partition coefficient (Wildman–Crippen LogP) is 2.19. The molecule has 1 aromatic heterocycles. The van der Waals surface area contributed by atoms with Crippen LogP contribution in [0.5, 0.6) is 0 Å². The molecule has 1 amide bonds. The summed E-state index contributed by atoms with van der Waals surface area (Å²) in [6.07, 6.45) is 4.53. The Morgan fingerprint density at radius 2 is 1.88 bits per heavy atom. The maximum absolute atomic E-state index is 12.7. The Kier molecular flexibility index (Phi) is 4.76. The highest BCUT2D eigenvalue weighted by Gasteiger charge is 2.34. The Morgan fingerprint density at radius 1 is 1.21 bits per heavy atom. The van der Waals surface area contributed by atoms with Gasteiger partial charge in [-0.15, -0.1) is 0 Å². The molecule has 0 radical (unpaired) electrons.